The van der Waals surface area contributed by atoms with E-state index < -0.39 is 0 Å². The Kier molecular flexibility index (Phi) is 3.69. The summed E-state index contributed by atoms with van der Waals surface area (Å²) in [5, 5.41) is 1.10. The normalized spacial score (nSPS) is 13.8. The molecule has 0 saturated carbocycles. The molecule has 0 aliphatic carbocycles. The molecule has 1 aromatic heterocycles. The van der Waals surface area contributed by atoms with Gasteiger partial charge in [-0.3, -0.25) is 4.79 Å². The number of rotatable bonds is 1. The minimum absolute atomic E-state index is 0.0910. The fourth-order valence-electron chi connectivity index (χ4n) is 2.94. The van der Waals surface area contributed by atoms with E-state index in [1.54, 1.807) is 31.2 Å². The first-order valence-corrected chi connectivity index (χ1v) is 8.15. The van der Waals surface area contributed by atoms with E-state index in [0.717, 1.165) is 12.0 Å². The summed E-state index contributed by atoms with van der Waals surface area (Å²) in [6.45, 7) is 2.90. The Bertz CT molecular complexity index is 973. The average Bonchev–Trinajstić information content (AvgIpc) is 2.82. The van der Waals surface area contributed by atoms with Gasteiger partial charge in [0.05, 0.1) is 24.2 Å². The third-order valence-electron chi connectivity index (χ3n) is 4.08. The zero-order valence-corrected chi connectivity index (χ0v) is 13.9. The van der Waals surface area contributed by atoms with Gasteiger partial charge in [0.1, 0.15) is 5.76 Å². The van der Waals surface area contributed by atoms with Gasteiger partial charge in [0.2, 0.25) is 11.2 Å². The summed E-state index contributed by atoms with van der Waals surface area (Å²) >= 11 is 5.94. The molecule has 2 aromatic carbocycles. The highest BCUT2D eigenvalue weighted by atomic mass is 35.5. The van der Waals surface area contributed by atoms with Crippen molar-refractivity contribution < 1.29 is 13.9 Å². The van der Waals surface area contributed by atoms with Gasteiger partial charge in [0.25, 0.3) is 0 Å². The van der Waals surface area contributed by atoms with Gasteiger partial charge in [-0.15, -0.1) is 0 Å². The van der Waals surface area contributed by atoms with Crippen molar-refractivity contribution in [1.82, 2.24) is 0 Å². The topological polar surface area (TPSA) is 48.7 Å². The van der Waals surface area contributed by atoms with Crippen LogP contribution in [0.5, 0.6) is 11.5 Å². The van der Waals surface area contributed by atoms with Crippen molar-refractivity contribution in [1.29, 1.82) is 0 Å². The number of halogens is 1. The van der Waals surface area contributed by atoms with Gasteiger partial charge >= 0.3 is 0 Å². The van der Waals surface area contributed by atoms with Crippen LogP contribution in [-0.2, 0) is 0 Å². The maximum atomic E-state index is 13.0. The number of aryl methyl sites for hydroxylation is 1. The summed E-state index contributed by atoms with van der Waals surface area (Å²) in [5.74, 6) is 1.66. The number of fused-ring (bicyclic) bond motifs is 3. The number of ether oxygens (including phenoxy) is 2. The predicted molar refractivity (Wildman–Crippen MR) is 93.3 cm³/mol. The summed E-state index contributed by atoms with van der Waals surface area (Å²) in [5.41, 5.74) is 1.66. The highest BCUT2D eigenvalue weighted by Crippen LogP contribution is 2.38. The van der Waals surface area contributed by atoms with Crippen molar-refractivity contribution >= 4 is 22.6 Å². The first-order chi connectivity index (χ1) is 11.6. The minimum atomic E-state index is -0.0910. The lowest BCUT2D eigenvalue weighted by Gasteiger charge is -2.12. The molecule has 2 heterocycles. The van der Waals surface area contributed by atoms with Gasteiger partial charge in [-0.1, -0.05) is 23.7 Å². The van der Waals surface area contributed by atoms with E-state index in [-0.39, 0.29) is 5.43 Å². The van der Waals surface area contributed by atoms with Crippen LogP contribution in [-0.4, -0.2) is 13.2 Å². The molecular formula is C19H15ClO4. The Balaban J connectivity index is 1.99. The van der Waals surface area contributed by atoms with Crippen LogP contribution in [0.1, 0.15) is 12.2 Å². The molecule has 0 spiro atoms. The van der Waals surface area contributed by atoms with E-state index in [0.29, 0.717) is 52.0 Å². The van der Waals surface area contributed by atoms with E-state index in [2.05, 4.69) is 0 Å². The summed E-state index contributed by atoms with van der Waals surface area (Å²) < 4.78 is 17.4. The Hall–Kier alpha value is -2.46. The van der Waals surface area contributed by atoms with E-state index in [1.165, 1.54) is 0 Å². The maximum absolute atomic E-state index is 13.0. The quantitative estimate of drug-likeness (QED) is 0.649. The molecule has 0 bridgehead atoms. The summed E-state index contributed by atoms with van der Waals surface area (Å²) in [6.07, 6.45) is 0.794. The number of hydrogen-bond acceptors (Lipinski definition) is 4. The molecule has 1 aliphatic heterocycles. The summed E-state index contributed by atoms with van der Waals surface area (Å²) in [7, 11) is 0. The second kappa shape index (κ2) is 5.87. The van der Waals surface area contributed by atoms with Gasteiger partial charge in [0.15, 0.2) is 11.3 Å². The summed E-state index contributed by atoms with van der Waals surface area (Å²) in [6, 6.07) is 10.6. The van der Waals surface area contributed by atoms with E-state index in [4.69, 9.17) is 25.5 Å². The lowest BCUT2D eigenvalue weighted by Crippen LogP contribution is -2.08. The Labute approximate surface area is 143 Å². The van der Waals surface area contributed by atoms with Crippen molar-refractivity contribution in [3.8, 4) is 22.6 Å². The minimum Gasteiger partial charge on any atom is -0.489 e. The second-order valence-corrected chi connectivity index (χ2v) is 6.13. The zero-order chi connectivity index (χ0) is 16.7. The molecule has 3 aromatic rings. The highest BCUT2D eigenvalue weighted by Gasteiger charge is 2.21. The van der Waals surface area contributed by atoms with Gasteiger partial charge in [-0.05, 0) is 36.8 Å². The fraction of sp³-hybridized carbons (Fsp3) is 0.211. The van der Waals surface area contributed by atoms with Crippen LogP contribution in [0.15, 0.2) is 45.6 Å². The van der Waals surface area contributed by atoms with Crippen molar-refractivity contribution in [3.05, 3.63) is 57.4 Å². The van der Waals surface area contributed by atoms with E-state index in [9.17, 15) is 4.79 Å². The third kappa shape index (κ3) is 2.43. The van der Waals surface area contributed by atoms with Crippen LogP contribution in [0, 0.1) is 6.92 Å². The highest BCUT2D eigenvalue weighted by molar-refractivity contribution is 6.30. The average molecular weight is 343 g/mol. The molecule has 0 radical (unpaired) electrons. The standard InChI is InChI=1S/C19H15ClO4/c1-11-16(12-3-5-13(20)6-4-12)17(21)14-7-8-15-19(18(14)24-11)23-10-2-9-22-15/h3-8H,2,9-10H2,1H3. The molecule has 0 fully saturated rings. The van der Waals surface area contributed by atoms with Crippen LogP contribution >= 0.6 is 11.6 Å². The van der Waals surface area contributed by atoms with Crippen LogP contribution in [0.3, 0.4) is 0 Å². The molecular weight excluding hydrogens is 328 g/mol. The SMILES string of the molecule is Cc1oc2c3c(ccc2c(=O)c1-c1ccc(Cl)cc1)OCCCO3. The molecule has 0 atom stereocenters. The largest absolute Gasteiger partial charge is 0.489 e. The molecule has 0 N–H and O–H groups in total. The first-order valence-electron chi connectivity index (χ1n) is 7.77. The maximum Gasteiger partial charge on any atom is 0.205 e. The fourth-order valence-corrected chi connectivity index (χ4v) is 3.07. The predicted octanol–water partition coefficient (Wildman–Crippen LogP) is 4.58. The number of benzene rings is 2. The van der Waals surface area contributed by atoms with Crippen molar-refractivity contribution in [2.75, 3.05) is 13.2 Å². The number of hydrogen-bond donors (Lipinski definition) is 0. The second-order valence-electron chi connectivity index (χ2n) is 5.69. The molecule has 24 heavy (non-hydrogen) atoms. The van der Waals surface area contributed by atoms with Crippen molar-refractivity contribution in [2.45, 2.75) is 13.3 Å². The monoisotopic (exact) mass is 342 g/mol. The Morgan fingerprint density at radius 2 is 1.75 bits per heavy atom. The molecule has 4 rings (SSSR count). The van der Waals surface area contributed by atoms with Gasteiger partial charge in [0, 0.05) is 11.4 Å². The summed E-state index contributed by atoms with van der Waals surface area (Å²) in [4.78, 5) is 13.0. The lowest BCUT2D eigenvalue weighted by molar-refractivity contribution is 0.296. The van der Waals surface area contributed by atoms with E-state index in [1.807, 2.05) is 12.1 Å². The van der Waals surface area contributed by atoms with Crippen LogP contribution < -0.4 is 14.9 Å². The van der Waals surface area contributed by atoms with Gasteiger partial charge in [-0.25, -0.2) is 0 Å². The molecule has 0 saturated heterocycles. The lowest BCUT2D eigenvalue weighted by atomic mass is 10.0. The molecule has 1 aliphatic rings. The molecule has 122 valence electrons. The first kappa shape index (κ1) is 15.1. The van der Waals surface area contributed by atoms with Gasteiger partial charge < -0.3 is 13.9 Å². The molecule has 0 unspecified atom stereocenters. The Morgan fingerprint density at radius 3 is 2.54 bits per heavy atom. The molecule has 4 nitrogen and oxygen atoms in total. The van der Waals surface area contributed by atoms with Crippen molar-refractivity contribution in [3.63, 3.8) is 0 Å². The zero-order valence-electron chi connectivity index (χ0n) is 13.1. The third-order valence-corrected chi connectivity index (χ3v) is 4.33. The molecule has 0 amide bonds. The van der Waals surface area contributed by atoms with Crippen LogP contribution in [0.4, 0.5) is 0 Å². The Morgan fingerprint density at radius 1 is 1.00 bits per heavy atom. The van der Waals surface area contributed by atoms with Crippen LogP contribution in [0.25, 0.3) is 22.1 Å². The smallest absolute Gasteiger partial charge is 0.205 e. The van der Waals surface area contributed by atoms with E-state index >= 15 is 0 Å². The molecule has 5 heteroatoms. The van der Waals surface area contributed by atoms with Gasteiger partial charge in [-0.2, -0.15) is 0 Å². The van der Waals surface area contributed by atoms with Crippen LogP contribution in [0.2, 0.25) is 5.02 Å². The van der Waals surface area contributed by atoms with Crippen molar-refractivity contribution in [2.24, 2.45) is 0 Å².